The van der Waals surface area contributed by atoms with Crippen molar-refractivity contribution in [3.05, 3.63) is 59.9 Å². The molecule has 0 radical (unpaired) electrons. The number of rotatable bonds is 5. The largest absolute Gasteiger partial charge is 0.461 e. The number of aromatic nitrogens is 2. The molecule has 2 heterocycles. The number of pyridine rings is 1. The van der Waals surface area contributed by atoms with Crippen molar-refractivity contribution in [2.24, 2.45) is 5.92 Å². The quantitative estimate of drug-likeness (QED) is 0.482. The van der Waals surface area contributed by atoms with E-state index in [0.29, 0.717) is 17.9 Å². The van der Waals surface area contributed by atoms with E-state index in [1.54, 1.807) is 25.8 Å². The summed E-state index contributed by atoms with van der Waals surface area (Å²) in [6, 6.07) is 13.2. The second kappa shape index (κ2) is 9.27. The number of benzene rings is 1. The fourth-order valence-corrected chi connectivity index (χ4v) is 3.07. The molecule has 3 rings (SSSR count). The van der Waals surface area contributed by atoms with Gasteiger partial charge in [0.25, 0.3) is 0 Å². The second-order valence-corrected chi connectivity index (χ2v) is 6.88. The smallest absolute Gasteiger partial charge is 0.359 e. The fraction of sp³-hybridized carbons (Fsp3) is 0.292. The Morgan fingerprint density at radius 1 is 1.20 bits per heavy atom. The van der Waals surface area contributed by atoms with Gasteiger partial charge >= 0.3 is 5.97 Å². The fourth-order valence-electron chi connectivity index (χ4n) is 3.07. The third kappa shape index (κ3) is 4.36. The lowest BCUT2D eigenvalue weighted by Gasteiger charge is -2.16. The summed E-state index contributed by atoms with van der Waals surface area (Å²) in [5.74, 6) is 5.91. The number of imidazole rings is 1. The van der Waals surface area contributed by atoms with Crippen molar-refractivity contribution in [3.63, 3.8) is 0 Å². The van der Waals surface area contributed by atoms with Gasteiger partial charge in [0.1, 0.15) is 5.82 Å². The van der Waals surface area contributed by atoms with Gasteiger partial charge in [-0.25, -0.2) is 9.78 Å². The maximum atomic E-state index is 12.3. The molecule has 30 heavy (non-hydrogen) atoms. The number of ether oxygens (including phenoxy) is 1. The van der Waals surface area contributed by atoms with Crippen molar-refractivity contribution in [1.82, 2.24) is 14.3 Å². The Bertz CT molecular complexity index is 1140. The Morgan fingerprint density at radius 2 is 2.00 bits per heavy atom. The van der Waals surface area contributed by atoms with E-state index in [4.69, 9.17) is 4.74 Å². The first-order valence-electron chi connectivity index (χ1n) is 9.97. The summed E-state index contributed by atoms with van der Waals surface area (Å²) in [5, 5.41) is 0. The molecule has 0 fully saturated rings. The van der Waals surface area contributed by atoms with E-state index in [1.807, 2.05) is 60.0 Å². The first-order valence-corrected chi connectivity index (χ1v) is 9.97. The summed E-state index contributed by atoms with van der Waals surface area (Å²) in [7, 11) is 1.77. The van der Waals surface area contributed by atoms with Gasteiger partial charge in [-0.05, 0) is 45.0 Å². The number of esters is 1. The molecule has 154 valence electrons. The molecule has 1 atom stereocenters. The Morgan fingerprint density at radius 3 is 2.73 bits per heavy atom. The van der Waals surface area contributed by atoms with Crippen LogP contribution in [0.15, 0.2) is 48.7 Å². The summed E-state index contributed by atoms with van der Waals surface area (Å²) < 4.78 is 7.01. The van der Waals surface area contributed by atoms with Gasteiger partial charge in [-0.2, -0.15) is 0 Å². The van der Waals surface area contributed by atoms with E-state index in [-0.39, 0.29) is 24.1 Å². The Labute approximate surface area is 176 Å². The number of carbonyl (C=O) groups excluding carboxylic acids is 2. The molecule has 1 aromatic carbocycles. The third-order valence-electron chi connectivity index (χ3n) is 4.79. The lowest BCUT2D eigenvalue weighted by atomic mass is 10.1. The Kier molecular flexibility index (Phi) is 6.53. The standard InChI is InChI=1S/C24H25N3O3/c1-5-26(4)23(28)17(3)13-14-18-10-9-11-19(16-18)22-25-21(24(29)30-6-2)20-12-7-8-15-27(20)22/h7-12,15-17H,5-6H2,1-4H3. The zero-order chi connectivity index (χ0) is 21.7. The first-order chi connectivity index (χ1) is 14.5. The number of nitrogens with zero attached hydrogens (tertiary/aromatic N) is 3. The number of carbonyl (C=O) groups is 2. The summed E-state index contributed by atoms with van der Waals surface area (Å²) in [6.45, 7) is 6.44. The Hall–Kier alpha value is -3.59. The van der Waals surface area contributed by atoms with Gasteiger partial charge < -0.3 is 9.64 Å². The van der Waals surface area contributed by atoms with Crippen LogP contribution in [0.3, 0.4) is 0 Å². The van der Waals surface area contributed by atoms with E-state index in [1.165, 1.54) is 0 Å². The van der Waals surface area contributed by atoms with Crippen LogP contribution in [0.1, 0.15) is 36.8 Å². The highest BCUT2D eigenvalue weighted by molar-refractivity contribution is 5.96. The first kappa shape index (κ1) is 21.1. The van der Waals surface area contributed by atoms with Crippen LogP contribution in [0.5, 0.6) is 0 Å². The molecular weight excluding hydrogens is 378 g/mol. The van der Waals surface area contributed by atoms with Gasteiger partial charge in [0, 0.05) is 30.9 Å². The molecular formula is C24H25N3O3. The molecule has 3 aromatic rings. The Balaban J connectivity index is 1.98. The van der Waals surface area contributed by atoms with Crippen molar-refractivity contribution in [3.8, 4) is 23.2 Å². The maximum absolute atomic E-state index is 12.3. The molecule has 1 amide bonds. The minimum absolute atomic E-state index is 0.000478. The van der Waals surface area contributed by atoms with Crippen LogP contribution in [0, 0.1) is 17.8 Å². The summed E-state index contributed by atoms with van der Waals surface area (Å²) in [6.07, 6.45) is 1.86. The van der Waals surface area contributed by atoms with Crippen LogP contribution >= 0.6 is 0 Å². The van der Waals surface area contributed by atoms with Crippen molar-refractivity contribution < 1.29 is 14.3 Å². The third-order valence-corrected chi connectivity index (χ3v) is 4.79. The molecule has 0 N–H and O–H groups in total. The molecule has 0 bridgehead atoms. The maximum Gasteiger partial charge on any atom is 0.359 e. The van der Waals surface area contributed by atoms with Gasteiger partial charge in [-0.3, -0.25) is 9.20 Å². The minimum Gasteiger partial charge on any atom is -0.461 e. The van der Waals surface area contributed by atoms with Crippen molar-refractivity contribution in [2.75, 3.05) is 20.2 Å². The molecule has 6 nitrogen and oxygen atoms in total. The van der Waals surface area contributed by atoms with Gasteiger partial charge in [0.15, 0.2) is 5.69 Å². The highest BCUT2D eigenvalue weighted by Gasteiger charge is 2.19. The number of fused-ring (bicyclic) bond motifs is 1. The molecule has 0 aliphatic heterocycles. The van der Waals surface area contributed by atoms with Crippen LogP contribution in [-0.2, 0) is 9.53 Å². The number of amides is 1. The van der Waals surface area contributed by atoms with Gasteiger partial charge in [-0.1, -0.05) is 30.0 Å². The van der Waals surface area contributed by atoms with Gasteiger partial charge in [0.05, 0.1) is 18.0 Å². The predicted octanol–water partition coefficient (Wildman–Crippen LogP) is 3.64. The molecule has 0 spiro atoms. The molecule has 0 saturated heterocycles. The van der Waals surface area contributed by atoms with E-state index in [2.05, 4.69) is 16.8 Å². The van der Waals surface area contributed by atoms with Crippen LogP contribution in [0.2, 0.25) is 0 Å². The minimum atomic E-state index is -0.448. The average molecular weight is 403 g/mol. The van der Waals surface area contributed by atoms with E-state index in [0.717, 1.165) is 11.1 Å². The molecule has 6 heteroatoms. The normalized spacial score (nSPS) is 11.5. The molecule has 1 unspecified atom stereocenters. The summed E-state index contributed by atoms with van der Waals surface area (Å²) in [4.78, 5) is 30.8. The topological polar surface area (TPSA) is 63.9 Å². The van der Waals surface area contributed by atoms with Crippen LogP contribution in [0.4, 0.5) is 0 Å². The lowest BCUT2D eigenvalue weighted by molar-refractivity contribution is -0.131. The summed E-state index contributed by atoms with van der Waals surface area (Å²) in [5.41, 5.74) is 2.56. The predicted molar refractivity (Wildman–Crippen MR) is 116 cm³/mol. The summed E-state index contributed by atoms with van der Waals surface area (Å²) >= 11 is 0. The van der Waals surface area contributed by atoms with Crippen LogP contribution in [0.25, 0.3) is 16.9 Å². The molecule has 0 aliphatic carbocycles. The van der Waals surface area contributed by atoms with E-state index >= 15 is 0 Å². The number of hydrogen-bond acceptors (Lipinski definition) is 4. The van der Waals surface area contributed by atoms with Crippen molar-refractivity contribution in [1.29, 1.82) is 0 Å². The molecule has 2 aromatic heterocycles. The lowest BCUT2D eigenvalue weighted by Crippen LogP contribution is -2.30. The number of hydrogen-bond donors (Lipinski definition) is 0. The van der Waals surface area contributed by atoms with Crippen LogP contribution < -0.4 is 0 Å². The van der Waals surface area contributed by atoms with Crippen LogP contribution in [-0.4, -0.2) is 46.4 Å². The zero-order valence-corrected chi connectivity index (χ0v) is 17.7. The van der Waals surface area contributed by atoms with Crippen molar-refractivity contribution >= 4 is 17.4 Å². The SMILES string of the molecule is CCOC(=O)c1nc(-c2cccc(C#CC(C)C(=O)N(C)CC)c2)n2ccccc12. The van der Waals surface area contributed by atoms with Gasteiger partial charge in [0.2, 0.25) is 5.91 Å². The highest BCUT2D eigenvalue weighted by Crippen LogP contribution is 2.24. The van der Waals surface area contributed by atoms with Gasteiger partial charge in [-0.15, -0.1) is 0 Å². The zero-order valence-electron chi connectivity index (χ0n) is 17.7. The molecule has 0 aliphatic rings. The highest BCUT2D eigenvalue weighted by atomic mass is 16.5. The second-order valence-electron chi connectivity index (χ2n) is 6.88. The average Bonchev–Trinajstić information content (AvgIpc) is 3.16. The molecule has 0 saturated carbocycles. The van der Waals surface area contributed by atoms with Crippen molar-refractivity contribution in [2.45, 2.75) is 20.8 Å². The van der Waals surface area contributed by atoms with E-state index < -0.39 is 5.97 Å². The van der Waals surface area contributed by atoms with E-state index in [9.17, 15) is 9.59 Å². The monoisotopic (exact) mass is 403 g/mol.